The molecule has 0 bridgehead atoms. The Balaban J connectivity index is 4.09. The number of hydrogen-bond donors (Lipinski definition) is 2. The summed E-state index contributed by atoms with van der Waals surface area (Å²) in [6.45, 7) is 1.63. The summed E-state index contributed by atoms with van der Waals surface area (Å²) in [4.78, 5) is 21.4. The van der Waals surface area contributed by atoms with E-state index in [9.17, 15) is 9.59 Å². The third-order valence-corrected chi connectivity index (χ3v) is 1.27. The summed E-state index contributed by atoms with van der Waals surface area (Å²) in [6, 6.07) is -0.992. The standard InChI is InChI=1S/C8H13NO4/c1-3-4-7(10)9-6(5-13-2)8(11)12/h3-4,6H,5H2,1-2H3,(H,9,10)(H,11,12)/b4-3+. The van der Waals surface area contributed by atoms with Gasteiger partial charge < -0.3 is 15.2 Å². The molecule has 1 amide bonds. The van der Waals surface area contributed by atoms with Crippen LogP contribution in [-0.4, -0.2) is 36.7 Å². The van der Waals surface area contributed by atoms with Crippen molar-refractivity contribution in [3.63, 3.8) is 0 Å². The van der Waals surface area contributed by atoms with Crippen LogP contribution in [0, 0.1) is 0 Å². The van der Waals surface area contributed by atoms with Gasteiger partial charge in [0.15, 0.2) is 6.04 Å². The van der Waals surface area contributed by atoms with E-state index in [1.165, 1.54) is 19.3 Å². The first-order valence-corrected chi connectivity index (χ1v) is 3.76. The fourth-order valence-electron chi connectivity index (χ4n) is 0.713. The van der Waals surface area contributed by atoms with Crippen molar-refractivity contribution >= 4 is 11.9 Å². The average molecular weight is 187 g/mol. The van der Waals surface area contributed by atoms with Gasteiger partial charge in [-0.1, -0.05) is 6.08 Å². The fourth-order valence-corrected chi connectivity index (χ4v) is 0.713. The van der Waals surface area contributed by atoms with E-state index in [0.29, 0.717) is 0 Å². The van der Waals surface area contributed by atoms with Crippen LogP contribution in [0.1, 0.15) is 6.92 Å². The zero-order valence-corrected chi connectivity index (χ0v) is 7.61. The molecule has 0 aliphatic rings. The molecule has 0 aliphatic carbocycles. The van der Waals surface area contributed by atoms with Crippen molar-refractivity contribution in [2.75, 3.05) is 13.7 Å². The van der Waals surface area contributed by atoms with E-state index in [2.05, 4.69) is 10.1 Å². The molecule has 0 rings (SSSR count). The van der Waals surface area contributed by atoms with Crippen molar-refractivity contribution in [2.45, 2.75) is 13.0 Å². The Morgan fingerprint density at radius 1 is 1.62 bits per heavy atom. The van der Waals surface area contributed by atoms with E-state index < -0.39 is 17.9 Å². The number of nitrogens with one attached hydrogen (secondary N) is 1. The predicted octanol–water partition coefficient (Wildman–Crippen LogP) is -0.222. The lowest BCUT2D eigenvalue weighted by Gasteiger charge is -2.11. The SMILES string of the molecule is C/C=C/C(=O)NC(COC)C(=O)O. The minimum Gasteiger partial charge on any atom is -0.480 e. The highest BCUT2D eigenvalue weighted by molar-refractivity contribution is 5.91. The zero-order valence-electron chi connectivity index (χ0n) is 7.61. The highest BCUT2D eigenvalue weighted by Crippen LogP contribution is 1.86. The van der Waals surface area contributed by atoms with Crippen molar-refractivity contribution in [3.8, 4) is 0 Å². The quantitative estimate of drug-likeness (QED) is 0.583. The molecular weight excluding hydrogens is 174 g/mol. The second-order valence-electron chi connectivity index (χ2n) is 2.35. The van der Waals surface area contributed by atoms with Gasteiger partial charge in [0.25, 0.3) is 0 Å². The van der Waals surface area contributed by atoms with E-state index in [-0.39, 0.29) is 6.61 Å². The van der Waals surface area contributed by atoms with Gasteiger partial charge in [0.05, 0.1) is 6.61 Å². The largest absolute Gasteiger partial charge is 0.480 e. The Hall–Kier alpha value is -1.36. The molecular formula is C8H13NO4. The Kier molecular flexibility index (Phi) is 5.54. The number of carboxylic acids is 1. The van der Waals surface area contributed by atoms with Gasteiger partial charge in [0.1, 0.15) is 0 Å². The topological polar surface area (TPSA) is 75.6 Å². The first kappa shape index (κ1) is 11.6. The minimum atomic E-state index is -1.11. The second kappa shape index (κ2) is 6.19. The summed E-state index contributed by atoms with van der Waals surface area (Å²) in [6.07, 6.45) is 2.78. The van der Waals surface area contributed by atoms with Crippen LogP contribution in [0.15, 0.2) is 12.2 Å². The van der Waals surface area contributed by atoms with Crippen molar-refractivity contribution < 1.29 is 19.4 Å². The molecule has 0 heterocycles. The lowest BCUT2D eigenvalue weighted by molar-refractivity contribution is -0.142. The van der Waals surface area contributed by atoms with Crippen LogP contribution in [-0.2, 0) is 14.3 Å². The molecule has 13 heavy (non-hydrogen) atoms. The first-order valence-electron chi connectivity index (χ1n) is 3.76. The van der Waals surface area contributed by atoms with E-state index in [1.807, 2.05) is 0 Å². The minimum absolute atomic E-state index is 0.0430. The van der Waals surface area contributed by atoms with Gasteiger partial charge in [-0.15, -0.1) is 0 Å². The smallest absolute Gasteiger partial charge is 0.328 e. The van der Waals surface area contributed by atoms with Gasteiger partial charge in [-0.05, 0) is 13.0 Å². The second-order valence-corrected chi connectivity index (χ2v) is 2.35. The van der Waals surface area contributed by atoms with Crippen LogP contribution in [0.3, 0.4) is 0 Å². The van der Waals surface area contributed by atoms with Gasteiger partial charge >= 0.3 is 5.97 Å². The zero-order chi connectivity index (χ0) is 10.3. The predicted molar refractivity (Wildman–Crippen MR) is 46.3 cm³/mol. The van der Waals surface area contributed by atoms with Crippen molar-refractivity contribution in [3.05, 3.63) is 12.2 Å². The van der Waals surface area contributed by atoms with Gasteiger partial charge in [0.2, 0.25) is 5.91 Å². The maximum Gasteiger partial charge on any atom is 0.328 e. The van der Waals surface area contributed by atoms with E-state index in [4.69, 9.17) is 5.11 Å². The van der Waals surface area contributed by atoms with Crippen molar-refractivity contribution in [2.24, 2.45) is 0 Å². The average Bonchev–Trinajstić information content (AvgIpc) is 2.04. The molecule has 0 radical (unpaired) electrons. The monoisotopic (exact) mass is 187 g/mol. The number of carbonyl (C=O) groups excluding carboxylic acids is 1. The number of ether oxygens (including phenoxy) is 1. The molecule has 0 aromatic carbocycles. The highest BCUT2D eigenvalue weighted by atomic mass is 16.5. The fraction of sp³-hybridized carbons (Fsp3) is 0.500. The molecule has 0 saturated heterocycles. The summed E-state index contributed by atoms with van der Waals surface area (Å²) in [5.74, 6) is -1.55. The molecule has 1 atom stereocenters. The molecule has 1 unspecified atom stereocenters. The molecule has 5 nitrogen and oxygen atoms in total. The maximum absolute atomic E-state index is 10.9. The summed E-state index contributed by atoms with van der Waals surface area (Å²) in [5.41, 5.74) is 0. The number of methoxy groups -OCH3 is 1. The maximum atomic E-state index is 10.9. The van der Waals surface area contributed by atoms with Crippen LogP contribution in [0.2, 0.25) is 0 Å². The normalized spacial score (nSPS) is 12.8. The Labute approximate surface area is 76.4 Å². The molecule has 0 aromatic heterocycles. The molecule has 0 fully saturated rings. The molecule has 2 N–H and O–H groups in total. The number of aliphatic carboxylic acids is 1. The summed E-state index contributed by atoms with van der Waals surface area (Å²) < 4.78 is 4.62. The van der Waals surface area contributed by atoms with Crippen LogP contribution in [0.25, 0.3) is 0 Å². The molecule has 0 spiro atoms. The lowest BCUT2D eigenvalue weighted by atomic mass is 10.3. The van der Waals surface area contributed by atoms with Crippen molar-refractivity contribution in [1.82, 2.24) is 5.32 Å². The van der Waals surface area contributed by atoms with Gasteiger partial charge in [0, 0.05) is 7.11 Å². The number of carboxylic acid groups (broad SMARTS) is 1. The summed E-state index contributed by atoms with van der Waals surface area (Å²) in [5, 5.41) is 10.9. The van der Waals surface area contributed by atoms with Gasteiger partial charge in [-0.2, -0.15) is 0 Å². The van der Waals surface area contributed by atoms with Crippen LogP contribution >= 0.6 is 0 Å². The summed E-state index contributed by atoms with van der Waals surface area (Å²) in [7, 11) is 1.37. The van der Waals surface area contributed by atoms with Gasteiger partial charge in [-0.25, -0.2) is 4.79 Å². The Morgan fingerprint density at radius 3 is 2.62 bits per heavy atom. The molecule has 74 valence electrons. The van der Waals surface area contributed by atoms with Crippen LogP contribution < -0.4 is 5.32 Å². The van der Waals surface area contributed by atoms with E-state index in [1.54, 1.807) is 6.92 Å². The lowest BCUT2D eigenvalue weighted by Crippen LogP contribution is -2.43. The van der Waals surface area contributed by atoms with Gasteiger partial charge in [-0.3, -0.25) is 4.79 Å². The highest BCUT2D eigenvalue weighted by Gasteiger charge is 2.17. The molecule has 0 aliphatic heterocycles. The Morgan fingerprint density at radius 2 is 2.23 bits per heavy atom. The van der Waals surface area contributed by atoms with Crippen molar-refractivity contribution in [1.29, 1.82) is 0 Å². The summed E-state index contributed by atoms with van der Waals surface area (Å²) >= 11 is 0. The third-order valence-electron chi connectivity index (χ3n) is 1.27. The third kappa shape index (κ3) is 4.97. The molecule has 0 saturated carbocycles. The Bertz CT molecular complexity index is 212. The molecule has 5 heteroatoms. The number of allylic oxidation sites excluding steroid dienone is 1. The molecule has 0 aromatic rings. The first-order chi connectivity index (χ1) is 6.11. The number of hydrogen-bond acceptors (Lipinski definition) is 3. The number of rotatable bonds is 5. The van der Waals surface area contributed by atoms with Crippen LogP contribution in [0.4, 0.5) is 0 Å². The van der Waals surface area contributed by atoms with Crippen LogP contribution in [0.5, 0.6) is 0 Å². The number of amides is 1. The van der Waals surface area contributed by atoms with E-state index in [0.717, 1.165) is 0 Å². The number of carbonyl (C=O) groups is 2. The van der Waals surface area contributed by atoms with E-state index >= 15 is 0 Å².